The van der Waals surface area contributed by atoms with Crippen LogP contribution < -0.4 is 0 Å². The maximum absolute atomic E-state index is 9.40. The molecule has 17 heavy (non-hydrogen) atoms. The van der Waals surface area contributed by atoms with Crippen molar-refractivity contribution in [3.05, 3.63) is 35.9 Å². The average Bonchev–Trinajstić information content (AvgIpc) is 3.19. The summed E-state index contributed by atoms with van der Waals surface area (Å²) < 4.78 is 0. The summed E-state index contributed by atoms with van der Waals surface area (Å²) in [4.78, 5) is 2.41. The van der Waals surface area contributed by atoms with Crippen LogP contribution in [0.3, 0.4) is 0 Å². The van der Waals surface area contributed by atoms with E-state index in [1.165, 1.54) is 18.4 Å². The normalized spacial score (nSPS) is 17.4. The van der Waals surface area contributed by atoms with Crippen molar-refractivity contribution >= 4 is 0 Å². The zero-order valence-electron chi connectivity index (χ0n) is 10.1. The van der Waals surface area contributed by atoms with Crippen LogP contribution in [0, 0.1) is 0 Å². The van der Waals surface area contributed by atoms with Gasteiger partial charge in [0.2, 0.25) is 0 Å². The highest BCUT2D eigenvalue weighted by Crippen LogP contribution is 2.28. The zero-order valence-corrected chi connectivity index (χ0v) is 10.1. The molecule has 1 saturated carbocycles. The van der Waals surface area contributed by atoms with Crippen LogP contribution in [-0.2, 0) is 6.54 Å². The Morgan fingerprint density at radius 1 is 1.24 bits per heavy atom. The van der Waals surface area contributed by atoms with Gasteiger partial charge in [-0.2, -0.15) is 0 Å². The van der Waals surface area contributed by atoms with E-state index < -0.39 is 6.10 Å². The third kappa shape index (κ3) is 4.11. The molecule has 3 nitrogen and oxygen atoms in total. The summed E-state index contributed by atoms with van der Waals surface area (Å²) in [7, 11) is 0. The molecule has 0 spiro atoms. The van der Waals surface area contributed by atoms with Gasteiger partial charge >= 0.3 is 0 Å². The van der Waals surface area contributed by atoms with Gasteiger partial charge in [-0.25, -0.2) is 0 Å². The van der Waals surface area contributed by atoms with Crippen LogP contribution in [0.25, 0.3) is 0 Å². The molecule has 0 bridgehead atoms. The Bertz CT molecular complexity index is 324. The highest BCUT2D eigenvalue weighted by atomic mass is 16.3. The molecule has 0 amide bonds. The number of aliphatic hydroxyl groups is 2. The molecule has 94 valence electrons. The number of hydrogen-bond acceptors (Lipinski definition) is 3. The molecule has 1 atom stereocenters. The van der Waals surface area contributed by atoms with Crippen LogP contribution in [0.4, 0.5) is 0 Å². The molecule has 1 unspecified atom stereocenters. The molecule has 0 aliphatic heterocycles. The van der Waals surface area contributed by atoms with Crippen molar-refractivity contribution in [1.82, 2.24) is 4.90 Å². The molecule has 2 rings (SSSR count). The van der Waals surface area contributed by atoms with Crippen molar-refractivity contribution in [1.29, 1.82) is 0 Å². The van der Waals surface area contributed by atoms with Crippen molar-refractivity contribution in [2.75, 3.05) is 13.2 Å². The topological polar surface area (TPSA) is 43.7 Å². The average molecular weight is 235 g/mol. The van der Waals surface area contributed by atoms with Gasteiger partial charge in [0.05, 0.1) is 12.7 Å². The third-order valence-electron chi connectivity index (χ3n) is 3.25. The van der Waals surface area contributed by atoms with E-state index in [9.17, 15) is 5.11 Å². The van der Waals surface area contributed by atoms with Gasteiger partial charge < -0.3 is 10.2 Å². The molecule has 0 saturated heterocycles. The van der Waals surface area contributed by atoms with E-state index in [4.69, 9.17) is 5.11 Å². The van der Waals surface area contributed by atoms with Crippen LogP contribution in [0.1, 0.15) is 24.8 Å². The van der Waals surface area contributed by atoms with E-state index in [1.54, 1.807) is 0 Å². The summed E-state index contributed by atoms with van der Waals surface area (Å²) in [6.07, 6.45) is 2.61. The van der Waals surface area contributed by atoms with Crippen LogP contribution in [0.2, 0.25) is 0 Å². The summed E-state index contributed by atoms with van der Waals surface area (Å²) in [6, 6.07) is 11.1. The van der Waals surface area contributed by atoms with Crippen molar-refractivity contribution in [2.24, 2.45) is 0 Å². The first-order valence-electron chi connectivity index (χ1n) is 6.36. The first kappa shape index (κ1) is 12.6. The van der Waals surface area contributed by atoms with Crippen LogP contribution in [0.15, 0.2) is 30.3 Å². The molecule has 0 aromatic heterocycles. The van der Waals surface area contributed by atoms with Crippen molar-refractivity contribution < 1.29 is 10.2 Å². The van der Waals surface area contributed by atoms with E-state index >= 15 is 0 Å². The number of benzene rings is 1. The molecule has 3 heteroatoms. The second-order valence-corrected chi connectivity index (χ2v) is 4.81. The van der Waals surface area contributed by atoms with Gasteiger partial charge in [0, 0.05) is 19.1 Å². The Hall–Kier alpha value is -0.900. The van der Waals surface area contributed by atoms with Gasteiger partial charge in [0.1, 0.15) is 0 Å². The van der Waals surface area contributed by atoms with E-state index in [-0.39, 0.29) is 6.61 Å². The van der Waals surface area contributed by atoms with Crippen LogP contribution >= 0.6 is 0 Å². The number of nitrogens with zero attached hydrogens (tertiary/aromatic N) is 1. The fourth-order valence-electron chi connectivity index (χ4n) is 2.05. The summed E-state index contributed by atoms with van der Waals surface area (Å²) in [6.45, 7) is 1.68. The second-order valence-electron chi connectivity index (χ2n) is 4.81. The molecule has 2 N–H and O–H groups in total. The lowest BCUT2D eigenvalue weighted by molar-refractivity contribution is 0.0751. The third-order valence-corrected chi connectivity index (χ3v) is 3.25. The maximum atomic E-state index is 9.40. The quantitative estimate of drug-likeness (QED) is 0.750. The molecule has 0 heterocycles. The molecule has 1 aromatic rings. The lowest BCUT2D eigenvalue weighted by Gasteiger charge is -2.23. The number of hydrogen-bond donors (Lipinski definition) is 2. The van der Waals surface area contributed by atoms with E-state index in [2.05, 4.69) is 29.2 Å². The molecule has 1 aromatic carbocycles. The molecule has 1 aliphatic carbocycles. The predicted molar refractivity (Wildman–Crippen MR) is 67.6 cm³/mol. The van der Waals surface area contributed by atoms with Crippen LogP contribution in [0.5, 0.6) is 0 Å². The molecule has 0 radical (unpaired) electrons. The first-order valence-corrected chi connectivity index (χ1v) is 6.36. The van der Waals surface area contributed by atoms with Crippen molar-refractivity contribution in [3.8, 4) is 0 Å². The van der Waals surface area contributed by atoms with Gasteiger partial charge in [-0.05, 0) is 24.8 Å². The lowest BCUT2D eigenvalue weighted by atomic mass is 10.2. The molecule has 1 fully saturated rings. The van der Waals surface area contributed by atoms with Gasteiger partial charge in [-0.3, -0.25) is 4.90 Å². The summed E-state index contributed by atoms with van der Waals surface area (Å²) in [5, 5.41) is 18.2. The van der Waals surface area contributed by atoms with Crippen molar-refractivity contribution in [3.63, 3.8) is 0 Å². The van der Waals surface area contributed by atoms with Crippen LogP contribution in [-0.4, -0.2) is 40.4 Å². The predicted octanol–water partition coefficient (Wildman–Crippen LogP) is 1.39. The minimum absolute atomic E-state index is 0.135. The Morgan fingerprint density at radius 2 is 1.94 bits per heavy atom. The fourth-order valence-corrected chi connectivity index (χ4v) is 2.05. The summed E-state index contributed by atoms with van der Waals surface area (Å²) >= 11 is 0. The Morgan fingerprint density at radius 3 is 2.53 bits per heavy atom. The standard InChI is InChI=1S/C14H21NO2/c16-11-14(17)8-9-15(13-6-7-13)10-12-4-2-1-3-5-12/h1-5,13-14,16-17H,6-11H2. The van der Waals surface area contributed by atoms with E-state index in [1.807, 2.05) is 6.07 Å². The van der Waals surface area contributed by atoms with Gasteiger partial charge in [0.15, 0.2) is 0 Å². The zero-order chi connectivity index (χ0) is 12.1. The Kier molecular flexibility index (Phi) is 4.54. The highest BCUT2D eigenvalue weighted by Gasteiger charge is 2.28. The van der Waals surface area contributed by atoms with Gasteiger partial charge in [-0.1, -0.05) is 30.3 Å². The highest BCUT2D eigenvalue weighted by molar-refractivity contribution is 5.14. The fraction of sp³-hybridized carbons (Fsp3) is 0.571. The first-order chi connectivity index (χ1) is 8.29. The van der Waals surface area contributed by atoms with Gasteiger partial charge in [0.25, 0.3) is 0 Å². The summed E-state index contributed by atoms with van der Waals surface area (Å²) in [5.41, 5.74) is 1.32. The Balaban J connectivity index is 1.85. The smallest absolute Gasteiger partial charge is 0.0783 e. The maximum Gasteiger partial charge on any atom is 0.0783 e. The largest absolute Gasteiger partial charge is 0.394 e. The number of rotatable bonds is 7. The van der Waals surface area contributed by atoms with Crippen molar-refractivity contribution in [2.45, 2.75) is 38.0 Å². The minimum Gasteiger partial charge on any atom is -0.394 e. The Labute approximate surface area is 103 Å². The minimum atomic E-state index is -0.577. The molecular formula is C14H21NO2. The second kappa shape index (κ2) is 6.15. The monoisotopic (exact) mass is 235 g/mol. The lowest BCUT2D eigenvalue weighted by Crippen LogP contribution is -2.30. The number of aliphatic hydroxyl groups excluding tert-OH is 2. The SMILES string of the molecule is OCC(O)CCN(Cc1ccccc1)C1CC1. The van der Waals surface area contributed by atoms with E-state index in [0.29, 0.717) is 12.5 Å². The van der Waals surface area contributed by atoms with Gasteiger partial charge in [-0.15, -0.1) is 0 Å². The summed E-state index contributed by atoms with van der Waals surface area (Å²) in [5.74, 6) is 0. The molecule has 1 aliphatic rings. The van der Waals surface area contributed by atoms with E-state index in [0.717, 1.165) is 13.1 Å². The molecular weight excluding hydrogens is 214 g/mol.